The molecule has 6 heteroatoms. The molecule has 2 heterocycles. The number of likely N-dealkylation sites (tertiary alicyclic amines) is 1. The van der Waals surface area contributed by atoms with Gasteiger partial charge in [0.1, 0.15) is 6.26 Å². The Hall–Kier alpha value is -1.82. The summed E-state index contributed by atoms with van der Waals surface area (Å²) in [5.74, 6) is -0.239. The number of nitrogens with two attached hydrogens (primary N) is 1. The first-order chi connectivity index (χ1) is 9.22. The highest BCUT2D eigenvalue weighted by Gasteiger charge is 2.28. The van der Waals surface area contributed by atoms with Crippen LogP contribution in [0.3, 0.4) is 0 Å². The third-order valence-corrected chi connectivity index (χ3v) is 3.29. The Labute approximate surface area is 111 Å². The molecule has 1 unspecified atom stereocenters. The van der Waals surface area contributed by atoms with Gasteiger partial charge in [0.15, 0.2) is 0 Å². The van der Waals surface area contributed by atoms with E-state index in [0.717, 1.165) is 12.8 Å². The molecule has 1 aliphatic rings. The monoisotopic (exact) mass is 265 g/mol. The van der Waals surface area contributed by atoms with Crippen molar-refractivity contribution in [2.75, 3.05) is 26.2 Å². The molecular weight excluding hydrogens is 246 g/mol. The molecule has 1 fully saturated rings. The standard InChI is InChI=1S/C13H19N3O3/c14-4-5-15-12(17)10-2-1-6-16(8-10)13(18)11-3-7-19-9-11/h3,7,9-10H,1-2,4-6,8,14H2,(H,15,17). The van der Waals surface area contributed by atoms with Crippen LogP contribution in [-0.2, 0) is 4.79 Å². The normalized spacial score (nSPS) is 19.2. The number of hydrogen-bond donors (Lipinski definition) is 2. The lowest BCUT2D eigenvalue weighted by Gasteiger charge is -2.31. The molecule has 3 N–H and O–H groups in total. The van der Waals surface area contributed by atoms with Crippen molar-refractivity contribution in [3.05, 3.63) is 24.2 Å². The number of hydrogen-bond acceptors (Lipinski definition) is 4. The first kappa shape index (κ1) is 13.6. The van der Waals surface area contributed by atoms with Crippen LogP contribution in [0, 0.1) is 5.92 Å². The fourth-order valence-corrected chi connectivity index (χ4v) is 2.28. The zero-order valence-corrected chi connectivity index (χ0v) is 10.8. The summed E-state index contributed by atoms with van der Waals surface area (Å²) in [6, 6.07) is 1.64. The lowest BCUT2D eigenvalue weighted by atomic mass is 9.96. The van der Waals surface area contributed by atoms with Crippen molar-refractivity contribution in [1.82, 2.24) is 10.2 Å². The molecule has 1 saturated heterocycles. The summed E-state index contributed by atoms with van der Waals surface area (Å²) in [7, 11) is 0. The van der Waals surface area contributed by atoms with E-state index in [9.17, 15) is 9.59 Å². The van der Waals surface area contributed by atoms with E-state index in [1.165, 1.54) is 12.5 Å². The smallest absolute Gasteiger partial charge is 0.257 e. The molecule has 0 bridgehead atoms. The average Bonchev–Trinajstić information content (AvgIpc) is 2.98. The molecule has 0 radical (unpaired) electrons. The summed E-state index contributed by atoms with van der Waals surface area (Å²) in [4.78, 5) is 25.8. The van der Waals surface area contributed by atoms with Gasteiger partial charge in [-0.25, -0.2) is 0 Å². The number of piperidine rings is 1. The summed E-state index contributed by atoms with van der Waals surface area (Å²) in [6.45, 7) is 2.05. The molecule has 104 valence electrons. The second-order valence-electron chi connectivity index (χ2n) is 4.68. The number of carbonyl (C=O) groups excluding carboxylic acids is 2. The summed E-state index contributed by atoms with van der Waals surface area (Å²) >= 11 is 0. The molecule has 19 heavy (non-hydrogen) atoms. The van der Waals surface area contributed by atoms with Crippen LogP contribution in [0.2, 0.25) is 0 Å². The van der Waals surface area contributed by atoms with Crippen molar-refractivity contribution < 1.29 is 14.0 Å². The van der Waals surface area contributed by atoms with Gasteiger partial charge in [-0.1, -0.05) is 0 Å². The highest BCUT2D eigenvalue weighted by Crippen LogP contribution is 2.19. The largest absolute Gasteiger partial charge is 0.472 e. The lowest BCUT2D eigenvalue weighted by Crippen LogP contribution is -2.46. The van der Waals surface area contributed by atoms with E-state index < -0.39 is 0 Å². The number of carbonyl (C=O) groups is 2. The topological polar surface area (TPSA) is 88.6 Å². The SMILES string of the molecule is NCCNC(=O)C1CCCN(C(=O)c2ccoc2)C1. The molecule has 0 spiro atoms. The van der Waals surface area contributed by atoms with Crippen molar-refractivity contribution in [3.63, 3.8) is 0 Å². The first-order valence-electron chi connectivity index (χ1n) is 6.51. The van der Waals surface area contributed by atoms with Gasteiger partial charge in [-0.2, -0.15) is 0 Å². The molecule has 2 amide bonds. The van der Waals surface area contributed by atoms with Crippen LogP contribution in [0.25, 0.3) is 0 Å². The molecule has 0 saturated carbocycles. The van der Waals surface area contributed by atoms with Gasteiger partial charge in [-0.3, -0.25) is 9.59 Å². The van der Waals surface area contributed by atoms with Crippen molar-refractivity contribution in [3.8, 4) is 0 Å². The van der Waals surface area contributed by atoms with Crippen LogP contribution >= 0.6 is 0 Å². The fourth-order valence-electron chi connectivity index (χ4n) is 2.28. The maximum absolute atomic E-state index is 12.2. The van der Waals surface area contributed by atoms with E-state index in [1.807, 2.05) is 0 Å². The second-order valence-corrected chi connectivity index (χ2v) is 4.68. The van der Waals surface area contributed by atoms with Crippen molar-refractivity contribution in [2.45, 2.75) is 12.8 Å². The first-order valence-corrected chi connectivity index (χ1v) is 6.51. The highest BCUT2D eigenvalue weighted by molar-refractivity contribution is 5.94. The van der Waals surface area contributed by atoms with E-state index >= 15 is 0 Å². The minimum atomic E-state index is -0.142. The van der Waals surface area contributed by atoms with E-state index in [1.54, 1.807) is 11.0 Å². The van der Waals surface area contributed by atoms with Crippen molar-refractivity contribution >= 4 is 11.8 Å². The summed E-state index contributed by atoms with van der Waals surface area (Å²) in [6.07, 6.45) is 4.55. The molecule has 2 rings (SSSR count). The van der Waals surface area contributed by atoms with Gasteiger partial charge in [0.25, 0.3) is 5.91 Å². The van der Waals surface area contributed by atoms with Crippen LogP contribution in [-0.4, -0.2) is 42.9 Å². The number of nitrogens with one attached hydrogen (secondary N) is 1. The number of amides is 2. The highest BCUT2D eigenvalue weighted by atomic mass is 16.3. The molecule has 1 aromatic heterocycles. The van der Waals surface area contributed by atoms with E-state index in [0.29, 0.717) is 31.7 Å². The molecule has 1 aliphatic heterocycles. The predicted molar refractivity (Wildman–Crippen MR) is 69.4 cm³/mol. The Balaban J connectivity index is 1.93. The summed E-state index contributed by atoms with van der Waals surface area (Å²) in [5.41, 5.74) is 5.89. The minimum Gasteiger partial charge on any atom is -0.472 e. The van der Waals surface area contributed by atoms with Crippen LogP contribution in [0.15, 0.2) is 23.0 Å². The number of rotatable bonds is 4. The van der Waals surface area contributed by atoms with Crippen LogP contribution < -0.4 is 11.1 Å². The van der Waals surface area contributed by atoms with Crippen LogP contribution in [0.1, 0.15) is 23.2 Å². The molecular formula is C13H19N3O3. The Morgan fingerprint density at radius 2 is 2.37 bits per heavy atom. The van der Waals surface area contributed by atoms with Crippen molar-refractivity contribution in [2.24, 2.45) is 11.7 Å². The lowest BCUT2D eigenvalue weighted by molar-refractivity contribution is -0.126. The third kappa shape index (κ3) is 3.35. The molecule has 0 aromatic carbocycles. The maximum Gasteiger partial charge on any atom is 0.257 e. The number of furan rings is 1. The van der Waals surface area contributed by atoms with E-state index in [-0.39, 0.29) is 17.7 Å². The maximum atomic E-state index is 12.2. The Bertz CT molecular complexity index is 430. The summed E-state index contributed by atoms with van der Waals surface area (Å²) < 4.78 is 4.91. The third-order valence-electron chi connectivity index (χ3n) is 3.29. The Kier molecular flexibility index (Phi) is 4.57. The van der Waals surface area contributed by atoms with Gasteiger partial charge < -0.3 is 20.4 Å². The zero-order valence-electron chi connectivity index (χ0n) is 10.8. The van der Waals surface area contributed by atoms with Gasteiger partial charge in [0.05, 0.1) is 17.7 Å². The number of nitrogens with zero attached hydrogens (tertiary/aromatic N) is 1. The van der Waals surface area contributed by atoms with Crippen molar-refractivity contribution in [1.29, 1.82) is 0 Å². The van der Waals surface area contributed by atoms with Gasteiger partial charge in [0, 0.05) is 26.2 Å². The van der Waals surface area contributed by atoms with E-state index in [4.69, 9.17) is 10.2 Å². The zero-order chi connectivity index (χ0) is 13.7. The van der Waals surface area contributed by atoms with Gasteiger partial charge in [-0.15, -0.1) is 0 Å². The Morgan fingerprint density at radius 1 is 1.53 bits per heavy atom. The van der Waals surface area contributed by atoms with E-state index in [2.05, 4.69) is 5.32 Å². The van der Waals surface area contributed by atoms with Crippen LogP contribution in [0.4, 0.5) is 0 Å². The average molecular weight is 265 g/mol. The molecule has 0 aliphatic carbocycles. The fraction of sp³-hybridized carbons (Fsp3) is 0.538. The van der Waals surface area contributed by atoms with Crippen LogP contribution in [0.5, 0.6) is 0 Å². The molecule has 1 aromatic rings. The molecule has 1 atom stereocenters. The van der Waals surface area contributed by atoms with Gasteiger partial charge >= 0.3 is 0 Å². The van der Waals surface area contributed by atoms with Gasteiger partial charge in [-0.05, 0) is 18.9 Å². The second kappa shape index (κ2) is 6.38. The molecule has 6 nitrogen and oxygen atoms in total. The van der Waals surface area contributed by atoms with Gasteiger partial charge in [0.2, 0.25) is 5.91 Å². The quantitative estimate of drug-likeness (QED) is 0.814. The minimum absolute atomic E-state index is 0.0184. The Morgan fingerprint density at radius 3 is 3.05 bits per heavy atom. The predicted octanol–water partition coefficient (Wildman–Crippen LogP) is 0.207. The summed E-state index contributed by atoms with van der Waals surface area (Å²) in [5, 5.41) is 2.78.